The Labute approximate surface area is 84.1 Å². The Morgan fingerprint density at radius 1 is 1.43 bits per heavy atom. The summed E-state index contributed by atoms with van der Waals surface area (Å²) in [4.78, 5) is 15.4. The number of aromatic nitrogens is 1. The van der Waals surface area contributed by atoms with Crippen LogP contribution in [0.5, 0.6) is 0 Å². The van der Waals surface area contributed by atoms with Crippen LogP contribution in [0.15, 0.2) is 18.3 Å². The van der Waals surface area contributed by atoms with Gasteiger partial charge in [0.15, 0.2) is 5.69 Å². The third-order valence-corrected chi connectivity index (χ3v) is 1.99. The summed E-state index contributed by atoms with van der Waals surface area (Å²) in [5.41, 5.74) is 1.21. The van der Waals surface area contributed by atoms with E-state index in [0.717, 1.165) is 5.56 Å². The summed E-state index contributed by atoms with van der Waals surface area (Å²) in [7, 11) is 1.36. The lowest BCUT2D eigenvalue weighted by Crippen LogP contribution is -2.18. The van der Waals surface area contributed by atoms with Crippen molar-refractivity contribution in [3.05, 3.63) is 29.6 Å². The van der Waals surface area contributed by atoms with Crippen LogP contribution in [0.3, 0.4) is 0 Å². The molecule has 1 aromatic rings. The van der Waals surface area contributed by atoms with Crippen molar-refractivity contribution in [2.24, 2.45) is 0 Å². The van der Waals surface area contributed by atoms with E-state index in [4.69, 9.17) is 0 Å². The molecule has 0 atom stereocenters. The Kier molecular flexibility index (Phi) is 2.89. The molecular weight excluding hydrogens is 178 g/mol. The molecule has 1 heterocycles. The Balaban J connectivity index is 3.23. The first-order chi connectivity index (χ1) is 6.46. The molecule has 0 fully saturated rings. The number of pyridine rings is 1. The number of hydrogen-bond donors (Lipinski definition) is 0. The van der Waals surface area contributed by atoms with E-state index < -0.39 is 0 Å². The first kappa shape index (κ1) is 10.7. The van der Waals surface area contributed by atoms with Crippen molar-refractivity contribution in [1.82, 2.24) is 4.98 Å². The number of esters is 1. The standard InChI is InChI=1S/C11H15NO2/c1-11(2,3)8-6-5-7-12-9(8)10(13)14-4/h5-7H,1-4H3. The van der Waals surface area contributed by atoms with E-state index in [1.165, 1.54) is 7.11 Å². The van der Waals surface area contributed by atoms with Crippen molar-refractivity contribution < 1.29 is 9.53 Å². The second kappa shape index (κ2) is 3.78. The molecule has 0 aromatic carbocycles. The van der Waals surface area contributed by atoms with Crippen LogP contribution in [0.2, 0.25) is 0 Å². The molecule has 0 aliphatic rings. The van der Waals surface area contributed by atoms with Crippen LogP contribution in [0.25, 0.3) is 0 Å². The molecule has 0 bridgehead atoms. The average Bonchev–Trinajstić information content (AvgIpc) is 2.15. The molecule has 0 aliphatic carbocycles. The maximum Gasteiger partial charge on any atom is 0.356 e. The number of methoxy groups -OCH3 is 1. The van der Waals surface area contributed by atoms with E-state index >= 15 is 0 Å². The maximum atomic E-state index is 11.4. The molecule has 0 aliphatic heterocycles. The lowest BCUT2D eigenvalue weighted by molar-refractivity contribution is 0.0591. The fourth-order valence-electron chi connectivity index (χ4n) is 1.27. The van der Waals surface area contributed by atoms with Gasteiger partial charge in [-0.25, -0.2) is 9.78 Å². The first-order valence-corrected chi connectivity index (χ1v) is 4.50. The van der Waals surface area contributed by atoms with Crippen LogP contribution < -0.4 is 0 Å². The van der Waals surface area contributed by atoms with Crippen LogP contribution in [0.1, 0.15) is 36.8 Å². The molecule has 1 aromatic heterocycles. The normalized spacial score (nSPS) is 11.1. The van der Waals surface area contributed by atoms with Crippen molar-refractivity contribution in [2.75, 3.05) is 7.11 Å². The molecule has 3 nitrogen and oxygen atoms in total. The van der Waals surface area contributed by atoms with Gasteiger partial charge in [0.2, 0.25) is 0 Å². The highest BCUT2D eigenvalue weighted by atomic mass is 16.5. The average molecular weight is 193 g/mol. The summed E-state index contributed by atoms with van der Waals surface area (Å²) in [6, 6.07) is 3.73. The summed E-state index contributed by atoms with van der Waals surface area (Å²) in [5, 5.41) is 0. The molecule has 0 amide bonds. The highest BCUT2D eigenvalue weighted by molar-refractivity contribution is 5.89. The van der Waals surface area contributed by atoms with Crippen LogP contribution in [0, 0.1) is 0 Å². The number of nitrogens with zero attached hydrogens (tertiary/aromatic N) is 1. The molecular formula is C11H15NO2. The number of ether oxygens (including phenoxy) is 1. The predicted octanol–water partition coefficient (Wildman–Crippen LogP) is 2.17. The minimum absolute atomic E-state index is 0.0994. The molecule has 0 spiro atoms. The second-order valence-electron chi connectivity index (χ2n) is 4.14. The molecule has 0 saturated heterocycles. The Morgan fingerprint density at radius 2 is 2.07 bits per heavy atom. The highest BCUT2D eigenvalue weighted by Gasteiger charge is 2.22. The van der Waals surface area contributed by atoms with Crippen molar-refractivity contribution in [3.63, 3.8) is 0 Å². The first-order valence-electron chi connectivity index (χ1n) is 4.50. The molecule has 0 unspecified atom stereocenters. The molecule has 0 radical (unpaired) electrons. The van der Waals surface area contributed by atoms with Gasteiger partial charge in [-0.3, -0.25) is 0 Å². The van der Waals surface area contributed by atoms with Crippen molar-refractivity contribution >= 4 is 5.97 Å². The van der Waals surface area contributed by atoms with E-state index in [-0.39, 0.29) is 11.4 Å². The van der Waals surface area contributed by atoms with E-state index in [2.05, 4.69) is 9.72 Å². The number of rotatable bonds is 1. The van der Waals surface area contributed by atoms with E-state index in [0.29, 0.717) is 5.69 Å². The Hall–Kier alpha value is -1.38. The van der Waals surface area contributed by atoms with E-state index in [1.54, 1.807) is 6.20 Å². The Morgan fingerprint density at radius 3 is 2.57 bits per heavy atom. The molecule has 0 N–H and O–H groups in total. The fraction of sp³-hybridized carbons (Fsp3) is 0.455. The molecule has 1 rings (SSSR count). The number of carbonyl (C=O) groups excluding carboxylic acids is 1. The van der Waals surface area contributed by atoms with Gasteiger partial charge in [-0.15, -0.1) is 0 Å². The third kappa shape index (κ3) is 2.10. The summed E-state index contributed by atoms with van der Waals surface area (Å²) < 4.78 is 4.67. The van der Waals surface area contributed by atoms with Gasteiger partial charge in [0, 0.05) is 6.20 Å². The summed E-state index contributed by atoms with van der Waals surface area (Å²) in [5.74, 6) is -0.379. The molecule has 0 saturated carbocycles. The smallest absolute Gasteiger partial charge is 0.356 e. The molecule has 14 heavy (non-hydrogen) atoms. The van der Waals surface area contributed by atoms with Crippen molar-refractivity contribution in [2.45, 2.75) is 26.2 Å². The van der Waals surface area contributed by atoms with Crippen LogP contribution in [-0.2, 0) is 10.2 Å². The zero-order valence-electron chi connectivity index (χ0n) is 9.00. The van der Waals surface area contributed by atoms with Gasteiger partial charge in [-0.05, 0) is 17.0 Å². The van der Waals surface area contributed by atoms with Gasteiger partial charge in [-0.2, -0.15) is 0 Å². The lowest BCUT2D eigenvalue weighted by Gasteiger charge is -2.20. The SMILES string of the molecule is COC(=O)c1ncccc1C(C)(C)C. The van der Waals surface area contributed by atoms with Gasteiger partial charge in [0.05, 0.1) is 7.11 Å². The maximum absolute atomic E-state index is 11.4. The van der Waals surface area contributed by atoms with Crippen molar-refractivity contribution in [3.8, 4) is 0 Å². The van der Waals surface area contributed by atoms with E-state index in [9.17, 15) is 4.79 Å². The van der Waals surface area contributed by atoms with Gasteiger partial charge in [0.1, 0.15) is 0 Å². The second-order valence-corrected chi connectivity index (χ2v) is 4.14. The predicted molar refractivity (Wildman–Crippen MR) is 54.3 cm³/mol. The van der Waals surface area contributed by atoms with Crippen LogP contribution >= 0.6 is 0 Å². The zero-order valence-corrected chi connectivity index (χ0v) is 9.00. The lowest BCUT2D eigenvalue weighted by atomic mass is 9.86. The van der Waals surface area contributed by atoms with Gasteiger partial charge < -0.3 is 4.74 Å². The summed E-state index contributed by atoms with van der Waals surface area (Å²) in [6.07, 6.45) is 1.60. The largest absolute Gasteiger partial charge is 0.464 e. The quantitative estimate of drug-likeness (QED) is 0.641. The minimum Gasteiger partial charge on any atom is -0.464 e. The third-order valence-electron chi connectivity index (χ3n) is 1.99. The van der Waals surface area contributed by atoms with Crippen molar-refractivity contribution in [1.29, 1.82) is 0 Å². The molecule has 76 valence electrons. The van der Waals surface area contributed by atoms with Crippen LogP contribution in [-0.4, -0.2) is 18.1 Å². The number of carbonyl (C=O) groups is 1. The Bertz CT molecular complexity index is 339. The number of hydrogen-bond acceptors (Lipinski definition) is 3. The van der Waals surface area contributed by atoms with E-state index in [1.807, 2.05) is 32.9 Å². The monoisotopic (exact) mass is 193 g/mol. The zero-order chi connectivity index (χ0) is 10.8. The van der Waals surface area contributed by atoms with Gasteiger partial charge >= 0.3 is 5.97 Å². The summed E-state index contributed by atoms with van der Waals surface area (Å²) in [6.45, 7) is 6.11. The fourth-order valence-corrected chi connectivity index (χ4v) is 1.27. The van der Waals surface area contributed by atoms with Gasteiger partial charge in [-0.1, -0.05) is 26.8 Å². The minimum atomic E-state index is -0.379. The topological polar surface area (TPSA) is 39.2 Å². The molecule has 3 heteroatoms. The summed E-state index contributed by atoms with van der Waals surface area (Å²) >= 11 is 0. The van der Waals surface area contributed by atoms with Crippen LogP contribution in [0.4, 0.5) is 0 Å². The van der Waals surface area contributed by atoms with Gasteiger partial charge in [0.25, 0.3) is 0 Å². The highest BCUT2D eigenvalue weighted by Crippen LogP contribution is 2.24.